The third kappa shape index (κ3) is 15.7. The Morgan fingerprint density at radius 1 is 0.483 bits per heavy atom. The molecule has 3 heterocycles. The van der Waals surface area contributed by atoms with Crippen LogP contribution in [0.1, 0.15) is 0 Å². The molecule has 0 radical (unpaired) electrons. The van der Waals surface area contributed by atoms with Gasteiger partial charge in [0.05, 0.1) is 62.5 Å². The van der Waals surface area contributed by atoms with Gasteiger partial charge in [-0.1, -0.05) is 0 Å². The molecule has 0 fully saturated rings. The summed E-state index contributed by atoms with van der Waals surface area (Å²) in [7, 11) is 0. The second-order valence-electron chi connectivity index (χ2n) is 11.3. The summed E-state index contributed by atoms with van der Waals surface area (Å²) < 4.78 is 29.1. The second kappa shape index (κ2) is 24.2. The van der Waals surface area contributed by atoms with Crippen LogP contribution in [0.3, 0.4) is 0 Å². The van der Waals surface area contributed by atoms with Crippen molar-refractivity contribution < 1.29 is 81.7 Å². The fourth-order valence-electron chi connectivity index (χ4n) is 4.46. The molecule has 0 unspecified atom stereocenters. The highest BCUT2D eigenvalue weighted by atomic mass is 16.7. The molecule has 24 nitrogen and oxygen atoms in total. The van der Waals surface area contributed by atoms with Gasteiger partial charge >= 0.3 is 12.3 Å². The monoisotopic (exact) mass is 841 g/mol. The van der Waals surface area contributed by atoms with E-state index in [1.807, 2.05) is 0 Å². The lowest BCUT2D eigenvalue weighted by atomic mass is 10.3. The molecule has 0 saturated carbocycles. The van der Waals surface area contributed by atoms with Crippen molar-refractivity contribution in [1.82, 2.24) is 14.7 Å². The number of aliphatic hydroxyl groups excluding tert-OH is 1. The zero-order valence-electron chi connectivity index (χ0n) is 31.2. The van der Waals surface area contributed by atoms with Crippen molar-refractivity contribution in [3.63, 3.8) is 0 Å². The Morgan fingerprint density at radius 3 is 1.13 bits per heavy atom. The van der Waals surface area contributed by atoms with Crippen LogP contribution in [-0.2, 0) is 47.7 Å². The fourth-order valence-corrected chi connectivity index (χ4v) is 4.46. The number of carbonyl (C=O) groups is 8. The van der Waals surface area contributed by atoms with Crippen LogP contribution >= 0.6 is 0 Å². The third-order valence-corrected chi connectivity index (χ3v) is 7.34. The van der Waals surface area contributed by atoms with E-state index in [9.17, 15) is 58.6 Å². The predicted molar refractivity (Wildman–Crippen MR) is 196 cm³/mol. The first-order valence-corrected chi connectivity index (χ1v) is 17.2. The van der Waals surface area contributed by atoms with Gasteiger partial charge in [0.15, 0.2) is 0 Å². The smallest absolute Gasteiger partial charge is 0.432 e. The number of hydrogen-bond donors (Lipinski definition) is 1. The maximum absolute atomic E-state index is 11.4. The van der Waals surface area contributed by atoms with E-state index in [0.717, 1.165) is 26.9 Å². The lowest BCUT2D eigenvalue weighted by Gasteiger charge is -2.13. The number of nitrogens with zero attached hydrogens (tertiary/aromatic N) is 5. The highest BCUT2D eigenvalue weighted by Gasteiger charge is 2.25. The fraction of sp³-hybridized carbons (Fsp3) is 0.278. The minimum absolute atomic E-state index is 0.0546. The van der Waals surface area contributed by atoms with Crippen LogP contribution in [0, 0.1) is 20.2 Å². The Balaban J connectivity index is 0.000000252. The normalized spacial score (nSPS) is 13.8. The van der Waals surface area contributed by atoms with Crippen LogP contribution in [0.4, 0.5) is 21.0 Å². The number of nitro benzene ring substituents is 2. The third-order valence-electron chi connectivity index (χ3n) is 7.34. The van der Waals surface area contributed by atoms with E-state index in [-0.39, 0.29) is 101 Å². The maximum atomic E-state index is 11.4. The summed E-state index contributed by atoms with van der Waals surface area (Å²) >= 11 is 0. The van der Waals surface area contributed by atoms with Crippen LogP contribution in [-0.4, -0.2) is 143 Å². The molecular formula is C36H35N5O19. The average molecular weight is 842 g/mol. The highest BCUT2D eigenvalue weighted by Crippen LogP contribution is 2.19. The Bertz CT molecular complexity index is 1960. The first-order chi connectivity index (χ1) is 28.7. The lowest BCUT2D eigenvalue weighted by molar-refractivity contribution is -0.385. The van der Waals surface area contributed by atoms with Gasteiger partial charge in [0, 0.05) is 60.7 Å². The van der Waals surface area contributed by atoms with Crippen molar-refractivity contribution in [2.45, 2.75) is 0 Å². The molecule has 1 N–H and O–H groups in total. The summed E-state index contributed by atoms with van der Waals surface area (Å²) in [5.41, 5.74) is -0.265. The number of aliphatic hydroxyl groups is 1. The standard InChI is InChI=1S/C15H14N2O8.C13H10N2O7.C8H11NO4/c18-13-5-6-14(19)16(13)7-8-23-9-10-24-15(20)25-12-3-1-11(2-4-12)17(21)22;16-11-5-6-12(17)14(11)7-8-21-13(18)22-10-3-1-9(2-4-10)15(19)20;10-4-6-13-5-3-9-7(11)1-2-8(9)12/h1-6H,7-10H2;1-6H,7-8H2;1-2,10H,3-6H2. The Morgan fingerprint density at radius 2 is 0.800 bits per heavy atom. The number of non-ortho nitro benzene ring substituents is 2. The van der Waals surface area contributed by atoms with Crippen LogP contribution in [0.2, 0.25) is 0 Å². The Labute approximate surface area is 338 Å². The average Bonchev–Trinajstić information content (AvgIpc) is 3.84. The van der Waals surface area contributed by atoms with Crippen molar-refractivity contribution in [3.8, 4) is 11.5 Å². The maximum Gasteiger partial charge on any atom is 0.513 e. The first-order valence-electron chi connectivity index (χ1n) is 17.2. The summed E-state index contributed by atoms with van der Waals surface area (Å²) in [5.74, 6) is -2.17. The SMILES string of the molecule is O=C(OCCN1C(=O)C=CC1=O)Oc1ccc([N+](=O)[O-])cc1.O=C(OCCOCCN1C(=O)C=CC1=O)Oc1ccc([N+](=O)[O-])cc1.O=C1C=CC(=O)N1CCOCCO. The molecule has 5 rings (SSSR count). The number of imide groups is 3. The van der Waals surface area contributed by atoms with Gasteiger partial charge in [-0.15, -0.1) is 0 Å². The Kier molecular flexibility index (Phi) is 18.8. The van der Waals surface area contributed by atoms with Crippen LogP contribution in [0.25, 0.3) is 0 Å². The van der Waals surface area contributed by atoms with E-state index in [0.29, 0.717) is 0 Å². The molecule has 6 amide bonds. The molecule has 0 aliphatic carbocycles. The summed E-state index contributed by atoms with van der Waals surface area (Å²) in [6.07, 6.45) is 5.05. The van der Waals surface area contributed by atoms with E-state index in [4.69, 9.17) is 33.5 Å². The summed E-state index contributed by atoms with van der Waals surface area (Å²) in [5, 5.41) is 29.3. The van der Waals surface area contributed by atoms with Crippen molar-refractivity contribution in [2.75, 3.05) is 65.9 Å². The molecule has 2 aromatic carbocycles. The highest BCUT2D eigenvalue weighted by molar-refractivity contribution is 6.14. The minimum Gasteiger partial charge on any atom is -0.432 e. The quantitative estimate of drug-likeness (QED) is 0.0546. The molecule has 0 bridgehead atoms. The molecule has 0 saturated heterocycles. The van der Waals surface area contributed by atoms with E-state index in [1.165, 1.54) is 72.8 Å². The molecule has 0 spiro atoms. The Hall–Kier alpha value is -7.70. The molecule has 2 aromatic rings. The van der Waals surface area contributed by atoms with Crippen molar-refractivity contribution in [3.05, 3.63) is 105 Å². The van der Waals surface area contributed by atoms with Crippen LogP contribution in [0.5, 0.6) is 11.5 Å². The number of nitro groups is 2. The first kappa shape index (κ1) is 46.7. The lowest BCUT2D eigenvalue weighted by Crippen LogP contribution is -2.33. The number of rotatable bonds is 18. The molecule has 0 aromatic heterocycles. The van der Waals surface area contributed by atoms with Gasteiger partial charge in [0.1, 0.15) is 24.7 Å². The molecule has 3 aliphatic rings. The summed E-state index contributed by atoms with van der Waals surface area (Å²) in [4.78, 5) is 113. The molecular weight excluding hydrogens is 806 g/mol. The van der Waals surface area contributed by atoms with E-state index < -0.39 is 45.8 Å². The molecule has 3 aliphatic heterocycles. The van der Waals surface area contributed by atoms with Gasteiger partial charge < -0.3 is 33.5 Å². The van der Waals surface area contributed by atoms with Crippen molar-refractivity contribution >= 4 is 59.1 Å². The van der Waals surface area contributed by atoms with Gasteiger partial charge in [-0.2, -0.15) is 0 Å². The molecule has 0 atom stereocenters. The second-order valence-corrected chi connectivity index (χ2v) is 11.3. The summed E-state index contributed by atoms with van der Waals surface area (Å²) in [6, 6.07) is 9.78. The van der Waals surface area contributed by atoms with Gasteiger partial charge in [-0.3, -0.25) is 63.7 Å². The largest absolute Gasteiger partial charge is 0.513 e. The number of hydrogen-bond acceptors (Lipinski definition) is 19. The summed E-state index contributed by atoms with van der Waals surface area (Å²) in [6.45, 7) is 0.558. The molecule has 318 valence electrons. The minimum atomic E-state index is -1.04. The number of benzene rings is 2. The van der Waals surface area contributed by atoms with Gasteiger partial charge in [-0.05, 0) is 24.3 Å². The van der Waals surface area contributed by atoms with Crippen LogP contribution in [0.15, 0.2) is 85.0 Å². The number of carbonyl (C=O) groups excluding carboxylic acids is 8. The van der Waals surface area contributed by atoms with Gasteiger partial charge in [-0.25, -0.2) is 9.59 Å². The van der Waals surface area contributed by atoms with E-state index in [1.54, 1.807) is 0 Å². The van der Waals surface area contributed by atoms with E-state index >= 15 is 0 Å². The zero-order chi connectivity index (χ0) is 44.0. The predicted octanol–water partition coefficient (Wildman–Crippen LogP) is 1.01. The van der Waals surface area contributed by atoms with Crippen LogP contribution < -0.4 is 9.47 Å². The van der Waals surface area contributed by atoms with Crippen molar-refractivity contribution in [1.29, 1.82) is 0 Å². The van der Waals surface area contributed by atoms with E-state index in [2.05, 4.69) is 0 Å². The van der Waals surface area contributed by atoms with Crippen molar-refractivity contribution in [2.24, 2.45) is 0 Å². The zero-order valence-corrected chi connectivity index (χ0v) is 31.2. The number of amides is 6. The molecule has 60 heavy (non-hydrogen) atoms. The van der Waals surface area contributed by atoms with Gasteiger partial charge in [0.25, 0.3) is 46.8 Å². The number of ether oxygens (including phenoxy) is 6. The van der Waals surface area contributed by atoms with Gasteiger partial charge in [0.2, 0.25) is 0 Å². The molecule has 24 heteroatoms. The topological polar surface area (TPSA) is 308 Å².